The van der Waals surface area contributed by atoms with E-state index in [-0.39, 0.29) is 19.4 Å². The van der Waals surface area contributed by atoms with Gasteiger partial charge in [0.2, 0.25) is 0 Å². The van der Waals surface area contributed by atoms with Crippen LogP contribution in [0.5, 0.6) is 0 Å². The Bertz CT molecular complexity index is 1060. The zero-order chi connectivity index (χ0) is 39.6. The van der Waals surface area contributed by atoms with Gasteiger partial charge in [-0.1, -0.05) is 158 Å². The second kappa shape index (κ2) is 40.4. The van der Waals surface area contributed by atoms with Crippen LogP contribution >= 0.6 is 7.82 Å². The number of hydrogen-bond donors (Lipinski definition) is 2. The van der Waals surface area contributed by atoms with Crippen LogP contribution in [0.25, 0.3) is 0 Å². The number of unbranched alkanes of at least 4 members (excludes halogenated alkanes) is 19. The third-order valence-electron chi connectivity index (χ3n) is 9.01. The first-order valence-corrected chi connectivity index (χ1v) is 23.1. The number of esters is 2. The van der Waals surface area contributed by atoms with Crippen molar-refractivity contribution in [2.45, 2.75) is 200 Å². The van der Waals surface area contributed by atoms with Crippen molar-refractivity contribution >= 4 is 19.8 Å². The summed E-state index contributed by atoms with van der Waals surface area (Å²) in [6, 6.07) is 0. The molecule has 0 bridgehead atoms. The van der Waals surface area contributed by atoms with E-state index in [9.17, 15) is 14.2 Å². The molecular formula is C45H79O8P. The fourth-order valence-corrected chi connectivity index (χ4v) is 6.12. The van der Waals surface area contributed by atoms with E-state index in [0.29, 0.717) is 12.8 Å². The van der Waals surface area contributed by atoms with E-state index in [4.69, 9.17) is 19.3 Å². The topological polar surface area (TPSA) is 119 Å². The van der Waals surface area contributed by atoms with Gasteiger partial charge in [-0.25, -0.2) is 4.57 Å². The molecule has 8 nitrogen and oxygen atoms in total. The quantitative estimate of drug-likeness (QED) is 0.0274. The Hall–Kier alpha value is -2.25. The Morgan fingerprint density at radius 3 is 1.31 bits per heavy atom. The monoisotopic (exact) mass is 779 g/mol. The van der Waals surface area contributed by atoms with Gasteiger partial charge in [0, 0.05) is 12.8 Å². The fraction of sp³-hybridized carbons (Fsp3) is 0.733. The highest BCUT2D eigenvalue weighted by molar-refractivity contribution is 7.46. The van der Waals surface area contributed by atoms with Crippen LogP contribution in [0.15, 0.2) is 60.8 Å². The molecule has 0 unspecified atom stereocenters. The van der Waals surface area contributed by atoms with Crippen molar-refractivity contribution in [2.24, 2.45) is 0 Å². The van der Waals surface area contributed by atoms with Crippen LogP contribution in [0.1, 0.15) is 194 Å². The summed E-state index contributed by atoms with van der Waals surface area (Å²) in [5.74, 6) is -0.927. The van der Waals surface area contributed by atoms with Crippen LogP contribution in [0, 0.1) is 0 Å². The third kappa shape index (κ3) is 42.5. The number of carbonyl (C=O) groups excluding carboxylic acids is 2. The lowest BCUT2D eigenvalue weighted by molar-refractivity contribution is -0.161. The van der Waals surface area contributed by atoms with Crippen LogP contribution in [-0.4, -0.2) is 41.0 Å². The average molecular weight is 779 g/mol. The van der Waals surface area contributed by atoms with Crippen molar-refractivity contribution in [2.75, 3.05) is 13.2 Å². The van der Waals surface area contributed by atoms with Crippen molar-refractivity contribution in [3.8, 4) is 0 Å². The van der Waals surface area contributed by atoms with Crippen LogP contribution in [0.2, 0.25) is 0 Å². The molecule has 0 aliphatic rings. The Kier molecular flexibility index (Phi) is 38.7. The number of carbonyl (C=O) groups is 2. The van der Waals surface area contributed by atoms with Crippen molar-refractivity contribution in [1.82, 2.24) is 0 Å². The smallest absolute Gasteiger partial charge is 0.462 e. The SMILES string of the molecule is CCCCC/C=C/C/C=C/C/C=C/C/C=C/CCCCCC(=O)OC[C@H](COP(=O)(O)O)OC(=O)CCCCCCCCC/C=C/CCCCCCCC. The molecule has 0 fully saturated rings. The van der Waals surface area contributed by atoms with E-state index in [2.05, 4.69) is 79.1 Å². The normalized spacial score (nSPS) is 13.0. The molecule has 0 rings (SSSR count). The lowest BCUT2D eigenvalue weighted by Gasteiger charge is -2.18. The summed E-state index contributed by atoms with van der Waals surface area (Å²) >= 11 is 0. The summed E-state index contributed by atoms with van der Waals surface area (Å²) in [6.45, 7) is 3.62. The molecule has 0 aliphatic carbocycles. The van der Waals surface area contributed by atoms with E-state index in [1.54, 1.807) is 0 Å². The average Bonchev–Trinajstić information content (AvgIpc) is 3.14. The number of phosphoric ester groups is 1. The summed E-state index contributed by atoms with van der Waals surface area (Å²) in [5, 5.41) is 0. The van der Waals surface area contributed by atoms with Crippen LogP contribution in [-0.2, 0) is 28.2 Å². The molecule has 0 spiro atoms. The van der Waals surface area contributed by atoms with Gasteiger partial charge in [-0.15, -0.1) is 0 Å². The highest BCUT2D eigenvalue weighted by Gasteiger charge is 2.22. The molecule has 0 aromatic heterocycles. The molecule has 0 aliphatic heterocycles. The van der Waals surface area contributed by atoms with Crippen LogP contribution in [0.3, 0.4) is 0 Å². The molecule has 0 heterocycles. The zero-order valence-electron chi connectivity index (χ0n) is 34.4. The highest BCUT2D eigenvalue weighted by atomic mass is 31.2. The van der Waals surface area contributed by atoms with E-state index >= 15 is 0 Å². The first-order valence-electron chi connectivity index (χ1n) is 21.6. The van der Waals surface area contributed by atoms with Gasteiger partial charge >= 0.3 is 19.8 Å². The summed E-state index contributed by atoms with van der Waals surface area (Å²) in [4.78, 5) is 42.9. The van der Waals surface area contributed by atoms with E-state index in [0.717, 1.165) is 64.2 Å². The van der Waals surface area contributed by atoms with Crippen molar-refractivity contribution in [3.05, 3.63) is 60.8 Å². The predicted octanol–water partition coefficient (Wildman–Crippen LogP) is 13.3. The van der Waals surface area contributed by atoms with Gasteiger partial charge in [0.05, 0.1) is 6.61 Å². The van der Waals surface area contributed by atoms with Gasteiger partial charge in [-0.3, -0.25) is 14.1 Å². The molecule has 0 saturated carbocycles. The van der Waals surface area contributed by atoms with Gasteiger partial charge in [0.25, 0.3) is 0 Å². The Morgan fingerprint density at radius 2 is 0.833 bits per heavy atom. The highest BCUT2D eigenvalue weighted by Crippen LogP contribution is 2.36. The lowest BCUT2D eigenvalue weighted by atomic mass is 10.1. The molecule has 2 N–H and O–H groups in total. The van der Waals surface area contributed by atoms with Crippen LogP contribution in [0.4, 0.5) is 0 Å². The van der Waals surface area contributed by atoms with Gasteiger partial charge in [-0.2, -0.15) is 0 Å². The van der Waals surface area contributed by atoms with E-state index in [1.807, 2.05) is 0 Å². The van der Waals surface area contributed by atoms with Gasteiger partial charge in [0.15, 0.2) is 6.10 Å². The molecule has 0 saturated heterocycles. The molecule has 1 atom stereocenters. The minimum atomic E-state index is -4.77. The zero-order valence-corrected chi connectivity index (χ0v) is 35.2. The second-order valence-corrected chi connectivity index (χ2v) is 15.5. The molecule has 0 aromatic carbocycles. The maximum atomic E-state index is 12.4. The minimum Gasteiger partial charge on any atom is -0.462 e. The Labute approximate surface area is 330 Å². The van der Waals surface area contributed by atoms with Crippen molar-refractivity contribution in [3.63, 3.8) is 0 Å². The van der Waals surface area contributed by atoms with Gasteiger partial charge in [0.1, 0.15) is 6.61 Å². The summed E-state index contributed by atoms with van der Waals surface area (Å²) in [5.41, 5.74) is 0. The Balaban J connectivity index is 3.99. The first kappa shape index (κ1) is 51.8. The third-order valence-corrected chi connectivity index (χ3v) is 9.49. The molecule has 0 amide bonds. The molecule has 312 valence electrons. The summed E-state index contributed by atoms with van der Waals surface area (Å²) in [6.07, 6.45) is 50.8. The summed E-state index contributed by atoms with van der Waals surface area (Å²) < 4.78 is 26.4. The maximum Gasteiger partial charge on any atom is 0.469 e. The molecule has 0 radical (unpaired) electrons. The molecular weight excluding hydrogens is 699 g/mol. The number of ether oxygens (including phenoxy) is 2. The fourth-order valence-electron chi connectivity index (χ4n) is 5.76. The molecule has 54 heavy (non-hydrogen) atoms. The first-order chi connectivity index (χ1) is 26.3. The van der Waals surface area contributed by atoms with Gasteiger partial charge in [-0.05, 0) is 83.5 Å². The Morgan fingerprint density at radius 1 is 0.481 bits per heavy atom. The number of allylic oxidation sites excluding steroid dienone is 10. The molecule has 0 aromatic rings. The largest absolute Gasteiger partial charge is 0.469 e. The predicted molar refractivity (Wildman–Crippen MR) is 225 cm³/mol. The second-order valence-electron chi connectivity index (χ2n) is 14.3. The standard InChI is InChI=1S/C45H79O8P/c1-3-5-7-9-11-13-15-17-19-21-22-24-25-27-29-31-33-35-37-39-44(46)51-41-43(42-52-54(48,49)50)53-45(47)40-38-36-34-32-30-28-26-23-20-18-16-14-12-10-8-6-4-2/h11,13,17-20,22,24,27,29,43H,3-10,12,14-16,21,23,25-26,28,30-42H2,1-2H3,(H2,48,49,50)/b13-11+,19-17+,20-18+,24-22+,29-27+/t43-/m1/s1. The number of hydrogen-bond acceptors (Lipinski definition) is 6. The van der Waals surface area contributed by atoms with Gasteiger partial charge < -0.3 is 19.3 Å². The van der Waals surface area contributed by atoms with Crippen LogP contribution < -0.4 is 0 Å². The summed E-state index contributed by atoms with van der Waals surface area (Å²) in [7, 11) is -4.77. The number of phosphoric acid groups is 1. The maximum absolute atomic E-state index is 12.4. The number of rotatable bonds is 39. The minimum absolute atomic E-state index is 0.198. The van der Waals surface area contributed by atoms with Crippen molar-refractivity contribution in [1.29, 1.82) is 0 Å². The van der Waals surface area contributed by atoms with E-state index < -0.39 is 32.5 Å². The van der Waals surface area contributed by atoms with Crippen molar-refractivity contribution < 1.29 is 37.9 Å². The van der Waals surface area contributed by atoms with E-state index in [1.165, 1.54) is 89.9 Å². The molecule has 9 heteroatoms. The lowest BCUT2D eigenvalue weighted by Crippen LogP contribution is -2.29.